The fourth-order valence-corrected chi connectivity index (χ4v) is 8.04. The molecule has 0 spiro atoms. The first-order valence-corrected chi connectivity index (χ1v) is 20.4. The Bertz CT molecular complexity index is 2410. The summed E-state index contributed by atoms with van der Waals surface area (Å²) in [5, 5.41) is 20.0. The third-order valence-electron chi connectivity index (χ3n) is 10.9. The Labute approximate surface area is 342 Å². The van der Waals surface area contributed by atoms with Gasteiger partial charge in [0.15, 0.2) is 5.54 Å². The monoisotopic (exact) mass is 762 g/mol. The summed E-state index contributed by atoms with van der Waals surface area (Å²) in [6.07, 6.45) is 4.03. The van der Waals surface area contributed by atoms with Crippen molar-refractivity contribution in [1.82, 2.24) is 30.0 Å². The average molecular weight is 763 g/mol. The molecule has 0 bridgehead atoms. The van der Waals surface area contributed by atoms with Gasteiger partial charge in [-0.1, -0.05) is 183 Å². The summed E-state index contributed by atoms with van der Waals surface area (Å²) < 4.78 is 8.49. The van der Waals surface area contributed by atoms with Gasteiger partial charge in [0.25, 0.3) is 0 Å². The minimum Gasteiger partial charge on any atom is -0.370 e. The first-order chi connectivity index (χ1) is 28.6. The number of unbranched alkanes of at least 4 members (excludes halogenated alkanes) is 1. The van der Waals surface area contributed by atoms with E-state index in [0.717, 1.165) is 70.3 Å². The lowest BCUT2D eigenvalue weighted by atomic mass is 9.77. The predicted octanol–water partition coefficient (Wildman–Crippen LogP) is 11.3. The molecule has 58 heavy (non-hydrogen) atoms. The summed E-state index contributed by atoms with van der Waals surface area (Å²) in [5.41, 5.74) is 11.4. The molecule has 6 aromatic carbocycles. The molecule has 0 saturated heterocycles. The molecule has 0 aliphatic carbocycles. The van der Waals surface area contributed by atoms with Crippen LogP contribution >= 0.6 is 0 Å². The molecule has 290 valence electrons. The minimum atomic E-state index is -0.851. The van der Waals surface area contributed by atoms with Gasteiger partial charge >= 0.3 is 0 Å². The minimum absolute atomic E-state index is 0.261. The van der Waals surface area contributed by atoms with Crippen LogP contribution in [-0.4, -0.2) is 30.0 Å². The van der Waals surface area contributed by atoms with Crippen molar-refractivity contribution in [3.63, 3.8) is 0 Å². The smallest absolute Gasteiger partial charge is 0.205 e. The van der Waals surface area contributed by atoms with E-state index in [9.17, 15) is 0 Å². The quantitative estimate of drug-likeness (QED) is 0.0917. The van der Waals surface area contributed by atoms with E-state index in [1.54, 1.807) is 4.80 Å². The van der Waals surface area contributed by atoms with Gasteiger partial charge in [-0.05, 0) is 70.8 Å². The van der Waals surface area contributed by atoms with Crippen LogP contribution in [0.4, 0.5) is 0 Å². The zero-order chi connectivity index (χ0) is 39.7. The molecule has 8 aromatic rings. The van der Waals surface area contributed by atoms with Crippen LogP contribution in [0.15, 0.2) is 170 Å². The zero-order valence-corrected chi connectivity index (χ0v) is 33.6. The summed E-state index contributed by atoms with van der Waals surface area (Å²) >= 11 is 0. The number of hydrogen-bond acceptors (Lipinski definition) is 5. The molecule has 7 heteroatoms. The Balaban J connectivity index is 1.13. The normalized spacial score (nSPS) is 11.7. The van der Waals surface area contributed by atoms with Crippen LogP contribution in [0.5, 0.6) is 0 Å². The highest BCUT2D eigenvalue weighted by molar-refractivity contribution is 5.80. The van der Waals surface area contributed by atoms with E-state index in [-0.39, 0.29) is 6.04 Å². The first-order valence-electron chi connectivity index (χ1n) is 20.4. The number of benzene rings is 6. The Morgan fingerprint density at radius 3 is 1.71 bits per heavy atom. The van der Waals surface area contributed by atoms with E-state index in [4.69, 9.17) is 25.2 Å². The van der Waals surface area contributed by atoms with Crippen LogP contribution in [0.25, 0.3) is 22.5 Å². The Hall–Kier alpha value is -6.44. The lowest BCUT2D eigenvalue weighted by Gasteiger charge is -2.34. The molecular formula is C51H50N6O. The van der Waals surface area contributed by atoms with Gasteiger partial charge in [0.1, 0.15) is 0 Å². The van der Waals surface area contributed by atoms with Crippen molar-refractivity contribution in [2.45, 2.75) is 71.2 Å². The molecule has 0 saturated carbocycles. The number of nitrogens with zero attached hydrogens (tertiary/aromatic N) is 6. The molecule has 0 amide bonds. The van der Waals surface area contributed by atoms with Crippen LogP contribution in [0.3, 0.4) is 0 Å². The SMILES string of the molecule is CCCCc1c(Cc2ccc(-c3ccccc3-c3nnn(C(c4ccccc4)(c4ccccc4)c4ccccc4)n3)cc2)c(COCc2ccccc2)nn1C(C)C. The molecule has 7 nitrogen and oxygen atoms in total. The van der Waals surface area contributed by atoms with Gasteiger partial charge in [0.2, 0.25) is 5.82 Å². The fourth-order valence-electron chi connectivity index (χ4n) is 8.04. The summed E-state index contributed by atoms with van der Waals surface area (Å²) in [6, 6.07) is 59.2. The van der Waals surface area contributed by atoms with Gasteiger partial charge in [0.05, 0.1) is 18.9 Å². The molecular weight excluding hydrogens is 713 g/mol. The molecule has 2 heterocycles. The third kappa shape index (κ3) is 7.91. The second kappa shape index (κ2) is 17.8. The van der Waals surface area contributed by atoms with E-state index < -0.39 is 5.54 Å². The Kier molecular flexibility index (Phi) is 11.8. The van der Waals surface area contributed by atoms with Gasteiger partial charge in [-0.15, -0.1) is 15.0 Å². The lowest BCUT2D eigenvalue weighted by Crippen LogP contribution is -2.39. The lowest BCUT2D eigenvalue weighted by molar-refractivity contribution is 0.103. The van der Waals surface area contributed by atoms with Gasteiger partial charge in [-0.25, -0.2) is 0 Å². The average Bonchev–Trinajstić information content (AvgIpc) is 3.91. The highest BCUT2D eigenvalue weighted by atomic mass is 16.5. The van der Waals surface area contributed by atoms with E-state index in [1.807, 2.05) is 30.3 Å². The molecule has 0 N–H and O–H groups in total. The zero-order valence-electron chi connectivity index (χ0n) is 33.6. The van der Waals surface area contributed by atoms with Crippen molar-refractivity contribution in [3.05, 3.63) is 215 Å². The second-order valence-corrected chi connectivity index (χ2v) is 15.1. The molecule has 0 atom stereocenters. The van der Waals surface area contributed by atoms with E-state index in [0.29, 0.717) is 19.0 Å². The molecule has 0 aliphatic rings. The topological polar surface area (TPSA) is 70.7 Å². The molecule has 2 aromatic heterocycles. The van der Waals surface area contributed by atoms with E-state index in [1.165, 1.54) is 16.8 Å². The Morgan fingerprint density at radius 2 is 1.14 bits per heavy atom. The highest BCUT2D eigenvalue weighted by Crippen LogP contribution is 2.40. The van der Waals surface area contributed by atoms with Crippen molar-refractivity contribution in [2.75, 3.05) is 0 Å². The molecule has 0 unspecified atom stereocenters. The van der Waals surface area contributed by atoms with Crippen LogP contribution in [0.1, 0.15) is 84.4 Å². The summed E-state index contributed by atoms with van der Waals surface area (Å²) in [5.74, 6) is 0.564. The van der Waals surface area contributed by atoms with E-state index >= 15 is 0 Å². The molecule has 8 rings (SSSR count). The van der Waals surface area contributed by atoms with Crippen LogP contribution in [-0.2, 0) is 36.3 Å². The maximum absolute atomic E-state index is 6.27. The Morgan fingerprint density at radius 1 is 0.586 bits per heavy atom. The maximum Gasteiger partial charge on any atom is 0.205 e. The maximum atomic E-state index is 6.27. The molecule has 0 fully saturated rings. The fraction of sp³-hybridized carbons (Fsp3) is 0.216. The number of aromatic nitrogens is 6. The summed E-state index contributed by atoms with van der Waals surface area (Å²) in [6.45, 7) is 7.71. The van der Waals surface area contributed by atoms with Gasteiger partial charge < -0.3 is 4.74 Å². The van der Waals surface area contributed by atoms with Gasteiger partial charge in [-0.3, -0.25) is 4.68 Å². The molecule has 0 aliphatic heterocycles. The summed E-state index contributed by atoms with van der Waals surface area (Å²) in [7, 11) is 0. The third-order valence-corrected chi connectivity index (χ3v) is 10.9. The molecule has 0 radical (unpaired) electrons. The van der Waals surface area contributed by atoms with Gasteiger partial charge in [-0.2, -0.15) is 5.10 Å². The van der Waals surface area contributed by atoms with Crippen molar-refractivity contribution in [3.8, 4) is 22.5 Å². The van der Waals surface area contributed by atoms with Crippen LogP contribution in [0, 0.1) is 0 Å². The van der Waals surface area contributed by atoms with Crippen molar-refractivity contribution in [1.29, 1.82) is 0 Å². The van der Waals surface area contributed by atoms with Crippen LogP contribution < -0.4 is 0 Å². The summed E-state index contributed by atoms with van der Waals surface area (Å²) in [4.78, 5) is 1.79. The van der Waals surface area contributed by atoms with Crippen molar-refractivity contribution in [2.24, 2.45) is 0 Å². The standard InChI is InChI=1S/C51H50N6O/c1-4-5-30-49-47(48(53-56(49)38(2)3)37-58-36-40-20-10-6-11-21-40)35-39-31-33-41(34-32-39)45-28-18-19-29-46(45)50-52-55-57(54-50)51(42-22-12-7-13-23-42,43-24-14-8-15-25-43)44-26-16-9-17-27-44/h6-29,31-34,38H,4-5,30,35-37H2,1-3H3. The van der Waals surface area contributed by atoms with Crippen molar-refractivity contribution < 1.29 is 4.74 Å². The predicted molar refractivity (Wildman–Crippen MR) is 232 cm³/mol. The van der Waals surface area contributed by atoms with Crippen molar-refractivity contribution >= 4 is 0 Å². The first kappa shape index (κ1) is 38.4. The van der Waals surface area contributed by atoms with Crippen LogP contribution in [0.2, 0.25) is 0 Å². The second-order valence-electron chi connectivity index (χ2n) is 15.1. The number of hydrogen-bond donors (Lipinski definition) is 0. The number of ether oxygens (including phenoxy) is 1. The number of rotatable bonds is 16. The highest BCUT2D eigenvalue weighted by Gasteiger charge is 2.41. The largest absolute Gasteiger partial charge is 0.370 e. The number of tetrazole rings is 1. The van der Waals surface area contributed by atoms with E-state index in [2.05, 4.69) is 165 Å². The van der Waals surface area contributed by atoms with Gasteiger partial charge in [0, 0.05) is 29.3 Å².